The van der Waals surface area contributed by atoms with Crippen LogP contribution < -0.4 is 10.1 Å². The van der Waals surface area contributed by atoms with Gasteiger partial charge in [-0.25, -0.2) is 4.98 Å². The fourth-order valence-electron chi connectivity index (χ4n) is 4.15. The highest BCUT2D eigenvalue weighted by Gasteiger charge is 2.11. The van der Waals surface area contributed by atoms with Gasteiger partial charge in [-0.3, -0.25) is 4.79 Å². The van der Waals surface area contributed by atoms with E-state index in [1.54, 1.807) is 0 Å². The van der Waals surface area contributed by atoms with Crippen LogP contribution in [0.4, 0.5) is 0 Å². The first-order chi connectivity index (χ1) is 16.1. The Morgan fingerprint density at radius 3 is 2.45 bits per heavy atom. The van der Waals surface area contributed by atoms with Crippen molar-refractivity contribution in [3.8, 4) is 5.75 Å². The van der Waals surface area contributed by atoms with Crippen molar-refractivity contribution in [2.24, 2.45) is 0 Å². The Morgan fingerprint density at radius 2 is 1.67 bits per heavy atom. The first-order valence-electron chi connectivity index (χ1n) is 11.6. The molecule has 0 fully saturated rings. The van der Waals surface area contributed by atoms with E-state index in [1.165, 1.54) is 0 Å². The van der Waals surface area contributed by atoms with Gasteiger partial charge in [-0.05, 0) is 49.1 Å². The summed E-state index contributed by atoms with van der Waals surface area (Å²) in [5.41, 5.74) is 5.45. The molecule has 33 heavy (non-hydrogen) atoms. The summed E-state index contributed by atoms with van der Waals surface area (Å²) in [6.07, 6.45) is 1.96. The summed E-state index contributed by atoms with van der Waals surface area (Å²) < 4.78 is 8.35. The predicted molar refractivity (Wildman–Crippen MR) is 133 cm³/mol. The number of carbonyl (C=O) groups excluding carboxylic acids is 1. The third-order valence-corrected chi connectivity index (χ3v) is 5.79. The molecule has 1 heterocycles. The molecule has 0 aliphatic rings. The average molecular weight is 442 g/mol. The van der Waals surface area contributed by atoms with E-state index >= 15 is 0 Å². The zero-order valence-corrected chi connectivity index (χ0v) is 19.4. The fourth-order valence-corrected chi connectivity index (χ4v) is 4.15. The number of carbonyl (C=O) groups is 1. The first kappa shape index (κ1) is 22.6. The van der Waals surface area contributed by atoms with Gasteiger partial charge in [0.1, 0.15) is 11.6 Å². The molecule has 4 aromatic rings. The molecule has 0 bridgehead atoms. The number of aryl methyl sites for hydroxylation is 3. The van der Waals surface area contributed by atoms with E-state index in [0.29, 0.717) is 26.0 Å². The van der Waals surface area contributed by atoms with E-state index in [4.69, 9.17) is 9.72 Å². The molecule has 3 aromatic carbocycles. The van der Waals surface area contributed by atoms with Crippen LogP contribution in [0.15, 0.2) is 72.8 Å². The quantitative estimate of drug-likeness (QED) is 0.352. The van der Waals surface area contributed by atoms with Crippen LogP contribution in [0.1, 0.15) is 28.9 Å². The molecule has 5 nitrogen and oxygen atoms in total. The largest absolute Gasteiger partial charge is 0.493 e. The number of ether oxygens (including phenoxy) is 1. The molecule has 0 radical (unpaired) electrons. The highest BCUT2D eigenvalue weighted by Crippen LogP contribution is 2.23. The zero-order chi connectivity index (χ0) is 23.0. The van der Waals surface area contributed by atoms with Crippen LogP contribution in [-0.2, 0) is 24.2 Å². The Labute approximate surface area is 195 Å². The fraction of sp³-hybridized carbons (Fsp3) is 0.286. The third kappa shape index (κ3) is 5.80. The van der Waals surface area contributed by atoms with Gasteiger partial charge >= 0.3 is 0 Å². The lowest BCUT2D eigenvalue weighted by Gasteiger charge is -2.13. The number of aromatic nitrogens is 2. The minimum absolute atomic E-state index is 0.0332. The summed E-state index contributed by atoms with van der Waals surface area (Å²) in [6, 6.07) is 24.2. The van der Waals surface area contributed by atoms with Crippen molar-refractivity contribution in [3.63, 3.8) is 0 Å². The number of benzene rings is 3. The molecule has 1 amide bonds. The van der Waals surface area contributed by atoms with E-state index in [0.717, 1.165) is 52.3 Å². The SMILES string of the molecule is Cc1cccc(C)c1OCCCn1c(CCNC(=O)Cc2ccccc2)nc2ccccc21. The van der Waals surface area contributed by atoms with Gasteiger partial charge in [0, 0.05) is 19.5 Å². The van der Waals surface area contributed by atoms with Crippen LogP contribution in [0, 0.1) is 13.8 Å². The molecule has 5 heteroatoms. The van der Waals surface area contributed by atoms with Gasteiger partial charge in [-0.1, -0.05) is 60.7 Å². The lowest BCUT2D eigenvalue weighted by Crippen LogP contribution is -2.28. The summed E-state index contributed by atoms with van der Waals surface area (Å²) in [6.45, 7) is 6.18. The summed E-state index contributed by atoms with van der Waals surface area (Å²) in [5.74, 6) is 2.00. The van der Waals surface area contributed by atoms with Gasteiger partial charge in [0.15, 0.2) is 0 Å². The van der Waals surface area contributed by atoms with Crippen LogP contribution in [0.3, 0.4) is 0 Å². The first-order valence-corrected chi connectivity index (χ1v) is 11.6. The second-order valence-corrected chi connectivity index (χ2v) is 8.35. The van der Waals surface area contributed by atoms with Gasteiger partial charge in [0.25, 0.3) is 0 Å². The Kier molecular flexibility index (Phi) is 7.40. The van der Waals surface area contributed by atoms with E-state index in [2.05, 4.69) is 48.0 Å². The number of nitrogens with one attached hydrogen (secondary N) is 1. The molecule has 0 unspecified atom stereocenters. The van der Waals surface area contributed by atoms with Gasteiger partial charge < -0.3 is 14.6 Å². The average Bonchev–Trinajstić information content (AvgIpc) is 3.16. The highest BCUT2D eigenvalue weighted by atomic mass is 16.5. The lowest BCUT2D eigenvalue weighted by molar-refractivity contribution is -0.120. The number of nitrogens with zero attached hydrogens (tertiary/aromatic N) is 2. The summed E-state index contributed by atoms with van der Waals surface area (Å²) in [7, 11) is 0. The van der Waals surface area contributed by atoms with Gasteiger partial charge in [0.2, 0.25) is 5.91 Å². The maximum absolute atomic E-state index is 12.3. The molecule has 1 aromatic heterocycles. The predicted octanol–water partition coefficient (Wildman–Crippen LogP) is 5.02. The normalized spacial score (nSPS) is 11.0. The smallest absolute Gasteiger partial charge is 0.224 e. The molecule has 0 spiro atoms. The molecule has 170 valence electrons. The Hall–Kier alpha value is -3.60. The van der Waals surface area contributed by atoms with Crippen LogP contribution in [-0.4, -0.2) is 28.6 Å². The van der Waals surface area contributed by atoms with Crippen LogP contribution in [0.5, 0.6) is 5.75 Å². The van der Waals surface area contributed by atoms with E-state index in [-0.39, 0.29) is 5.91 Å². The highest BCUT2D eigenvalue weighted by molar-refractivity contribution is 5.78. The van der Waals surface area contributed by atoms with Gasteiger partial charge in [0.05, 0.1) is 24.1 Å². The second-order valence-electron chi connectivity index (χ2n) is 8.35. The van der Waals surface area contributed by atoms with Crippen molar-refractivity contribution in [1.82, 2.24) is 14.9 Å². The molecule has 0 saturated carbocycles. The lowest BCUT2D eigenvalue weighted by atomic mass is 10.1. The summed E-state index contributed by atoms with van der Waals surface area (Å²) in [4.78, 5) is 17.1. The van der Waals surface area contributed by atoms with Gasteiger partial charge in [-0.15, -0.1) is 0 Å². The van der Waals surface area contributed by atoms with Crippen molar-refractivity contribution in [2.45, 2.75) is 39.7 Å². The minimum Gasteiger partial charge on any atom is -0.493 e. The topological polar surface area (TPSA) is 56.1 Å². The van der Waals surface area contributed by atoms with E-state index in [9.17, 15) is 4.79 Å². The maximum atomic E-state index is 12.3. The number of fused-ring (bicyclic) bond motifs is 1. The maximum Gasteiger partial charge on any atom is 0.224 e. The summed E-state index contributed by atoms with van der Waals surface area (Å²) in [5, 5.41) is 3.04. The number of hydrogen-bond acceptors (Lipinski definition) is 3. The van der Waals surface area contributed by atoms with Crippen LogP contribution in [0.2, 0.25) is 0 Å². The van der Waals surface area contributed by atoms with Crippen molar-refractivity contribution in [2.75, 3.05) is 13.2 Å². The minimum atomic E-state index is 0.0332. The van der Waals surface area contributed by atoms with E-state index < -0.39 is 0 Å². The van der Waals surface area contributed by atoms with Gasteiger partial charge in [-0.2, -0.15) is 0 Å². The molecule has 0 aliphatic carbocycles. The molecular weight excluding hydrogens is 410 g/mol. The number of para-hydroxylation sites is 3. The number of hydrogen-bond donors (Lipinski definition) is 1. The molecule has 1 N–H and O–H groups in total. The zero-order valence-electron chi connectivity index (χ0n) is 19.4. The Balaban J connectivity index is 1.35. The summed E-state index contributed by atoms with van der Waals surface area (Å²) >= 11 is 0. The number of rotatable bonds is 10. The standard InChI is InChI=1S/C28H31N3O2/c1-21-10-8-11-22(2)28(21)33-19-9-18-31-25-15-7-6-14-24(25)30-26(31)16-17-29-27(32)20-23-12-4-3-5-13-23/h3-8,10-15H,9,16-20H2,1-2H3,(H,29,32). The van der Waals surface area contributed by atoms with Crippen molar-refractivity contribution in [1.29, 1.82) is 0 Å². The van der Waals surface area contributed by atoms with Crippen molar-refractivity contribution in [3.05, 3.63) is 95.3 Å². The Bertz CT molecular complexity index is 1190. The van der Waals surface area contributed by atoms with Crippen LogP contribution >= 0.6 is 0 Å². The second kappa shape index (κ2) is 10.8. The van der Waals surface area contributed by atoms with E-state index in [1.807, 2.05) is 48.5 Å². The third-order valence-electron chi connectivity index (χ3n) is 5.79. The number of amides is 1. The van der Waals surface area contributed by atoms with Crippen molar-refractivity contribution >= 4 is 16.9 Å². The molecule has 4 rings (SSSR count). The van der Waals surface area contributed by atoms with Crippen molar-refractivity contribution < 1.29 is 9.53 Å². The molecule has 0 aliphatic heterocycles. The molecule has 0 atom stereocenters. The van der Waals surface area contributed by atoms with Crippen LogP contribution in [0.25, 0.3) is 11.0 Å². The molecular formula is C28H31N3O2. The number of imidazole rings is 1. The monoisotopic (exact) mass is 441 g/mol. The molecule has 0 saturated heterocycles. The Morgan fingerprint density at radius 1 is 0.939 bits per heavy atom.